The highest BCUT2D eigenvalue weighted by atomic mass is 16.6. The SMILES string of the molecule is c1ccc(N(c2ccccc2)c2cccc3c(-c4ccc5c(c4)Oc4cc6c(cc4O5)C4(c5ccccc5-c5ccccc54)c4ccccc4-6)cccc23)cc1. The topological polar surface area (TPSA) is 21.7 Å². The largest absolute Gasteiger partial charge is 0.450 e. The molecule has 0 bridgehead atoms. The molecule has 3 aliphatic rings. The zero-order valence-corrected chi connectivity index (χ0v) is 30.3. The van der Waals surface area contributed by atoms with Crippen molar-refractivity contribution < 1.29 is 9.47 Å². The molecule has 0 amide bonds. The van der Waals surface area contributed by atoms with Crippen LogP contribution in [0.25, 0.3) is 44.2 Å². The molecular weight excluding hydrogens is 683 g/mol. The summed E-state index contributed by atoms with van der Waals surface area (Å²) in [5.74, 6) is 2.87. The summed E-state index contributed by atoms with van der Waals surface area (Å²) in [4.78, 5) is 2.33. The Morgan fingerprint density at radius 3 is 1.48 bits per heavy atom. The maximum absolute atomic E-state index is 6.83. The molecule has 9 aromatic rings. The molecule has 0 radical (unpaired) electrons. The van der Waals surface area contributed by atoms with Gasteiger partial charge in [-0.2, -0.15) is 0 Å². The van der Waals surface area contributed by atoms with Crippen molar-refractivity contribution in [3.8, 4) is 56.4 Å². The van der Waals surface area contributed by atoms with E-state index in [4.69, 9.17) is 9.47 Å². The number of ether oxygens (including phenoxy) is 2. The molecule has 0 N–H and O–H groups in total. The van der Waals surface area contributed by atoms with Gasteiger partial charge in [-0.1, -0.05) is 146 Å². The van der Waals surface area contributed by atoms with Crippen LogP contribution in [0.4, 0.5) is 17.1 Å². The minimum Gasteiger partial charge on any atom is -0.450 e. The molecule has 0 fully saturated rings. The van der Waals surface area contributed by atoms with Gasteiger partial charge in [0.25, 0.3) is 0 Å². The maximum atomic E-state index is 6.83. The number of hydrogen-bond donors (Lipinski definition) is 0. The van der Waals surface area contributed by atoms with E-state index in [1.807, 2.05) is 0 Å². The van der Waals surface area contributed by atoms with Gasteiger partial charge in [-0.25, -0.2) is 0 Å². The Morgan fingerprint density at radius 2 is 0.821 bits per heavy atom. The Morgan fingerprint density at radius 1 is 0.321 bits per heavy atom. The van der Waals surface area contributed by atoms with Crippen molar-refractivity contribution in [3.63, 3.8) is 0 Å². The van der Waals surface area contributed by atoms with Gasteiger partial charge in [0.2, 0.25) is 0 Å². The van der Waals surface area contributed by atoms with Crippen LogP contribution in [0, 0.1) is 0 Å². The van der Waals surface area contributed by atoms with Crippen LogP contribution in [0.2, 0.25) is 0 Å². The third-order valence-corrected chi connectivity index (χ3v) is 11.9. The van der Waals surface area contributed by atoms with Gasteiger partial charge in [-0.15, -0.1) is 0 Å². The Bertz CT molecular complexity index is 2960. The maximum Gasteiger partial charge on any atom is 0.170 e. The van der Waals surface area contributed by atoms with Crippen molar-refractivity contribution >= 4 is 27.8 Å². The van der Waals surface area contributed by atoms with E-state index in [1.54, 1.807) is 0 Å². The van der Waals surface area contributed by atoms with Gasteiger partial charge >= 0.3 is 0 Å². The van der Waals surface area contributed by atoms with Gasteiger partial charge in [-0.05, 0) is 116 Å². The number of para-hydroxylation sites is 2. The average Bonchev–Trinajstić information content (AvgIpc) is 3.72. The molecule has 3 nitrogen and oxygen atoms in total. The average molecular weight is 716 g/mol. The molecule has 56 heavy (non-hydrogen) atoms. The number of anilines is 3. The number of rotatable bonds is 4. The van der Waals surface area contributed by atoms with Crippen LogP contribution in [0.3, 0.4) is 0 Å². The molecular formula is C53H33NO2. The molecule has 262 valence electrons. The summed E-state index contributed by atoms with van der Waals surface area (Å²) < 4.78 is 13.6. The van der Waals surface area contributed by atoms with Gasteiger partial charge in [0.05, 0.1) is 11.1 Å². The van der Waals surface area contributed by atoms with Crippen molar-refractivity contribution in [2.75, 3.05) is 4.90 Å². The fourth-order valence-electron chi connectivity index (χ4n) is 9.66. The van der Waals surface area contributed by atoms with Crippen LogP contribution >= 0.6 is 0 Å². The molecule has 0 saturated carbocycles. The molecule has 12 rings (SSSR count). The summed E-state index contributed by atoms with van der Waals surface area (Å²) in [6.45, 7) is 0. The van der Waals surface area contributed by atoms with E-state index < -0.39 is 5.41 Å². The second kappa shape index (κ2) is 11.8. The van der Waals surface area contributed by atoms with Crippen LogP contribution in [0.5, 0.6) is 23.0 Å². The predicted molar refractivity (Wildman–Crippen MR) is 227 cm³/mol. The molecule has 1 spiro atoms. The number of hydrogen-bond acceptors (Lipinski definition) is 3. The quantitative estimate of drug-likeness (QED) is 0.181. The first-order valence-electron chi connectivity index (χ1n) is 19.2. The Labute approximate surface area is 325 Å². The molecule has 1 aliphatic heterocycles. The van der Waals surface area contributed by atoms with E-state index in [0.29, 0.717) is 11.5 Å². The lowest BCUT2D eigenvalue weighted by Gasteiger charge is -2.31. The first-order valence-corrected chi connectivity index (χ1v) is 19.2. The summed E-state index contributed by atoms with van der Waals surface area (Å²) in [5.41, 5.74) is 15.2. The van der Waals surface area contributed by atoms with Crippen molar-refractivity contribution in [2.45, 2.75) is 5.41 Å². The van der Waals surface area contributed by atoms with Crippen molar-refractivity contribution in [1.29, 1.82) is 0 Å². The summed E-state index contributed by atoms with van der Waals surface area (Å²) >= 11 is 0. The molecule has 3 heteroatoms. The Hall–Kier alpha value is -7.36. The number of benzene rings is 9. The summed E-state index contributed by atoms with van der Waals surface area (Å²) in [5, 5.41) is 2.33. The van der Waals surface area contributed by atoms with E-state index in [0.717, 1.165) is 50.5 Å². The van der Waals surface area contributed by atoms with Crippen LogP contribution < -0.4 is 14.4 Å². The van der Waals surface area contributed by atoms with Crippen molar-refractivity contribution in [3.05, 3.63) is 222 Å². The lowest BCUT2D eigenvalue weighted by Crippen LogP contribution is -2.25. The van der Waals surface area contributed by atoms with Crippen LogP contribution in [-0.2, 0) is 5.41 Å². The first-order chi connectivity index (χ1) is 27.8. The molecule has 2 aliphatic carbocycles. The predicted octanol–water partition coefficient (Wildman–Crippen LogP) is 14.2. The summed E-state index contributed by atoms with van der Waals surface area (Å²) in [6, 6.07) is 71.6. The summed E-state index contributed by atoms with van der Waals surface area (Å²) in [7, 11) is 0. The third kappa shape index (κ3) is 4.28. The Kier molecular flexibility index (Phi) is 6.55. The number of nitrogens with zero attached hydrogens (tertiary/aromatic N) is 1. The second-order valence-electron chi connectivity index (χ2n) is 14.8. The fraction of sp³-hybridized carbons (Fsp3) is 0.0189. The molecule has 1 heterocycles. The van der Waals surface area contributed by atoms with E-state index in [9.17, 15) is 0 Å². The van der Waals surface area contributed by atoms with Gasteiger partial charge in [0.1, 0.15) is 0 Å². The van der Waals surface area contributed by atoms with Crippen molar-refractivity contribution in [1.82, 2.24) is 0 Å². The van der Waals surface area contributed by atoms with E-state index >= 15 is 0 Å². The lowest BCUT2D eigenvalue weighted by molar-refractivity contribution is 0.359. The Balaban J connectivity index is 0.971. The van der Waals surface area contributed by atoms with E-state index in [-0.39, 0.29) is 0 Å². The second-order valence-corrected chi connectivity index (χ2v) is 14.8. The standard InChI is InChI=1S/C53H33NO2/c1-3-15-35(16-4-1)54(36-17-5-2-6-18-36)48-28-14-23-38-37(22-13-24-42(38)48)34-29-30-49-50(31-34)56-51-32-43-41-21-9-12-27-46(41)53(47(43)33-52(51)55-49)44-25-10-7-19-39(44)40-20-8-11-26-45(40)53/h1-33H. The lowest BCUT2D eigenvalue weighted by atomic mass is 9.70. The highest BCUT2D eigenvalue weighted by Crippen LogP contribution is 2.64. The number of fused-ring (bicyclic) bond motifs is 13. The molecule has 0 unspecified atom stereocenters. The van der Waals surface area contributed by atoms with Crippen LogP contribution in [-0.4, -0.2) is 0 Å². The summed E-state index contributed by atoms with van der Waals surface area (Å²) in [6.07, 6.45) is 0. The van der Waals surface area contributed by atoms with Gasteiger partial charge < -0.3 is 14.4 Å². The monoisotopic (exact) mass is 715 g/mol. The highest BCUT2D eigenvalue weighted by molar-refractivity contribution is 6.06. The van der Waals surface area contributed by atoms with Gasteiger partial charge in [0, 0.05) is 16.8 Å². The van der Waals surface area contributed by atoms with Crippen molar-refractivity contribution in [2.24, 2.45) is 0 Å². The van der Waals surface area contributed by atoms with Gasteiger partial charge in [0.15, 0.2) is 23.0 Å². The van der Waals surface area contributed by atoms with Gasteiger partial charge in [-0.3, -0.25) is 0 Å². The zero-order chi connectivity index (χ0) is 36.8. The minimum atomic E-state index is -0.439. The van der Waals surface area contributed by atoms with E-state index in [1.165, 1.54) is 44.5 Å². The third-order valence-electron chi connectivity index (χ3n) is 11.9. The normalized spacial score (nSPS) is 13.4. The molecule has 0 atom stereocenters. The fourth-order valence-corrected chi connectivity index (χ4v) is 9.66. The van der Waals surface area contributed by atoms with E-state index in [2.05, 4.69) is 205 Å². The first kappa shape index (κ1) is 31.0. The minimum absolute atomic E-state index is 0.439. The van der Waals surface area contributed by atoms with Crippen LogP contribution in [0.15, 0.2) is 200 Å². The molecule has 0 aromatic heterocycles. The molecule has 0 saturated heterocycles. The van der Waals surface area contributed by atoms with Crippen LogP contribution in [0.1, 0.15) is 22.3 Å². The zero-order valence-electron chi connectivity index (χ0n) is 30.3. The molecule has 9 aromatic carbocycles. The smallest absolute Gasteiger partial charge is 0.170 e. The highest BCUT2D eigenvalue weighted by Gasteiger charge is 2.52.